The van der Waals surface area contributed by atoms with Crippen molar-refractivity contribution in [2.45, 2.75) is 39.2 Å². The monoisotopic (exact) mass is 307 g/mol. The van der Waals surface area contributed by atoms with Gasteiger partial charge in [-0.3, -0.25) is 0 Å². The van der Waals surface area contributed by atoms with E-state index in [0.717, 1.165) is 17.3 Å². The van der Waals surface area contributed by atoms with Crippen LogP contribution >= 0.6 is 22.9 Å². The molecule has 1 aromatic carbocycles. The third-order valence-electron chi connectivity index (χ3n) is 3.49. The number of halogens is 1. The Morgan fingerprint density at radius 3 is 2.20 bits per heavy atom. The molecule has 0 saturated carbocycles. The summed E-state index contributed by atoms with van der Waals surface area (Å²) in [5.41, 5.74) is 2.74. The minimum absolute atomic E-state index is 0.357. The molecule has 2 rings (SSSR count). The van der Waals surface area contributed by atoms with E-state index in [1.807, 2.05) is 6.07 Å². The molecule has 1 aromatic heterocycles. The van der Waals surface area contributed by atoms with Gasteiger partial charge in [0.05, 0.1) is 4.34 Å². The van der Waals surface area contributed by atoms with Crippen LogP contribution in [0.15, 0.2) is 36.4 Å². The van der Waals surface area contributed by atoms with Gasteiger partial charge in [0.2, 0.25) is 0 Å². The highest BCUT2D eigenvalue weighted by Gasteiger charge is 2.13. The van der Waals surface area contributed by atoms with Gasteiger partial charge in [-0.1, -0.05) is 56.6 Å². The predicted molar refractivity (Wildman–Crippen MR) is 90.0 cm³/mol. The fourth-order valence-electron chi connectivity index (χ4n) is 2.33. The van der Waals surface area contributed by atoms with E-state index in [1.54, 1.807) is 11.3 Å². The SMILES string of the molecule is CCNC(Cc1ccc(Cl)s1)c1ccc(C(C)C)cc1. The van der Waals surface area contributed by atoms with E-state index in [0.29, 0.717) is 12.0 Å². The predicted octanol–water partition coefficient (Wildman–Crippen LogP) is 5.42. The van der Waals surface area contributed by atoms with Gasteiger partial charge in [0.25, 0.3) is 0 Å². The summed E-state index contributed by atoms with van der Waals surface area (Å²) in [5, 5.41) is 3.57. The molecule has 1 N–H and O–H groups in total. The molecule has 108 valence electrons. The van der Waals surface area contributed by atoms with Crippen LogP contribution in [-0.2, 0) is 6.42 Å². The van der Waals surface area contributed by atoms with Gasteiger partial charge in [-0.25, -0.2) is 0 Å². The summed E-state index contributed by atoms with van der Waals surface area (Å²) in [7, 11) is 0. The first kappa shape index (κ1) is 15.6. The summed E-state index contributed by atoms with van der Waals surface area (Å²) in [4.78, 5) is 1.33. The van der Waals surface area contributed by atoms with Crippen LogP contribution in [0.1, 0.15) is 48.7 Å². The van der Waals surface area contributed by atoms with Crippen molar-refractivity contribution in [3.63, 3.8) is 0 Å². The summed E-state index contributed by atoms with van der Waals surface area (Å²) in [6.07, 6.45) is 0.992. The Labute approximate surface area is 131 Å². The van der Waals surface area contributed by atoms with Gasteiger partial charge in [-0.15, -0.1) is 11.3 Å². The summed E-state index contributed by atoms with van der Waals surface area (Å²) in [6, 6.07) is 13.4. The van der Waals surface area contributed by atoms with Crippen molar-refractivity contribution >= 4 is 22.9 Å². The van der Waals surface area contributed by atoms with E-state index in [4.69, 9.17) is 11.6 Å². The maximum Gasteiger partial charge on any atom is 0.0931 e. The molecule has 0 aliphatic rings. The second-order valence-electron chi connectivity index (χ2n) is 5.34. The molecule has 20 heavy (non-hydrogen) atoms. The molecule has 0 spiro atoms. The number of thiophene rings is 1. The quantitative estimate of drug-likeness (QED) is 0.751. The average Bonchev–Trinajstić information content (AvgIpc) is 2.84. The van der Waals surface area contributed by atoms with Gasteiger partial charge in [0.1, 0.15) is 0 Å². The second-order valence-corrected chi connectivity index (χ2v) is 7.14. The molecule has 0 saturated heterocycles. The Hall–Kier alpha value is -0.830. The van der Waals surface area contributed by atoms with Crippen LogP contribution in [0.4, 0.5) is 0 Å². The first-order valence-electron chi connectivity index (χ1n) is 7.17. The topological polar surface area (TPSA) is 12.0 Å². The Morgan fingerprint density at radius 1 is 1.05 bits per heavy atom. The zero-order valence-corrected chi connectivity index (χ0v) is 13.9. The maximum atomic E-state index is 6.02. The van der Waals surface area contributed by atoms with Gasteiger partial charge < -0.3 is 5.32 Å². The first-order valence-corrected chi connectivity index (χ1v) is 8.37. The van der Waals surface area contributed by atoms with Gasteiger partial charge >= 0.3 is 0 Å². The smallest absolute Gasteiger partial charge is 0.0931 e. The zero-order chi connectivity index (χ0) is 14.5. The minimum atomic E-state index is 0.357. The summed E-state index contributed by atoms with van der Waals surface area (Å²) >= 11 is 7.69. The highest BCUT2D eigenvalue weighted by molar-refractivity contribution is 7.16. The van der Waals surface area contributed by atoms with E-state index >= 15 is 0 Å². The molecule has 2 aromatic rings. The van der Waals surface area contributed by atoms with Gasteiger partial charge in [0.15, 0.2) is 0 Å². The van der Waals surface area contributed by atoms with Crippen molar-refractivity contribution in [2.24, 2.45) is 0 Å². The van der Waals surface area contributed by atoms with Crippen molar-refractivity contribution in [1.29, 1.82) is 0 Å². The summed E-state index contributed by atoms with van der Waals surface area (Å²) in [5.74, 6) is 0.581. The van der Waals surface area contributed by atoms with Crippen LogP contribution in [0.3, 0.4) is 0 Å². The van der Waals surface area contributed by atoms with E-state index < -0.39 is 0 Å². The Balaban J connectivity index is 2.15. The molecule has 0 bridgehead atoms. The summed E-state index contributed by atoms with van der Waals surface area (Å²) < 4.78 is 0.866. The lowest BCUT2D eigenvalue weighted by molar-refractivity contribution is 0.553. The van der Waals surface area contributed by atoms with Crippen molar-refractivity contribution in [2.75, 3.05) is 6.54 Å². The highest BCUT2D eigenvalue weighted by atomic mass is 35.5. The molecule has 1 unspecified atom stereocenters. The van der Waals surface area contributed by atoms with Crippen LogP contribution in [0, 0.1) is 0 Å². The van der Waals surface area contributed by atoms with Crippen molar-refractivity contribution in [3.8, 4) is 0 Å². The highest BCUT2D eigenvalue weighted by Crippen LogP contribution is 2.27. The Morgan fingerprint density at radius 2 is 1.70 bits per heavy atom. The van der Waals surface area contributed by atoms with Crippen LogP contribution < -0.4 is 5.32 Å². The molecule has 0 aliphatic heterocycles. The first-order chi connectivity index (χ1) is 9.60. The number of hydrogen-bond acceptors (Lipinski definition) is 2. The van der Waals surface area contributed by atoms with Crippen molar-refractivity contribution in [3.05, 3.63) is 56.7 Å². The van der Waals surface area contributed by atoms with Crippen molar-refractivity contribution < 1.29 is 0 Å². The lowest BCUT2D eigenvalue weighted by atomic mass is 9.97. The van der Waals surface area contributed by atoms with Gasteiger partial charge in [0, 0.05) is 17.3 Å². The molecule has 1 atom stereocenters. The maximum absolute atomic E-state index is 6.02. The molecule has 0 aliphatic carbocycles. The number of rotatable bonds is 6. The standard InChI is InChI=1S/C17H22ClNS/c1-4-19-16(11-15-9-10-17(18)20-15)14-7-5-13(6-8-14)12(2)3/h5-10,12,16,19H,4,11H2,1-3H3. The average molecular weight is 308 g/mol. The van der Waals surface area contributed by atoms with Crippen LogP contribution in [-0.4, -0.2) is 6.54 Å². The van der Waals surface area contributed by atoms with Gasteiger partial charge in [-0.2, -0.15) is 0 Å². The normalized spacial score (nSPS) is 12.8. The number of likely N-dealkylation sites (N-methyl/N-ethyl adjacent to an activating group) is 1. The molecule has 0 amide bonds. The molecule has 1 nitrogen and oxygen atoms in total. The zero-order valence-electron chi connectivity index (χ0n) is 12.3. The Bertz CT molecular complexity index is 530. The molecular formula is C17H22ClNS. The van der Waals surface area contributed by atoms with E-state index in [-0.39, 0.29) is 0 Å². The molecule has 0 radical (unpaired) electrons. The largest absolute Gasteiger partial charge is 0.310 e. The molecule has 3 heteroatoms. The van der Waals surface area contributed by atoms with Gasteiger partial charge in [-0.05, 0) is 35.7 Å². The van der Waals surface area contributed by atoms with E-state index in [1.165, 1.54) is 16.0 Å². The lowest BCUT2D eigenvalue weighted by Gasteiger charge is -2.18. The third kappa shape index (κ3) is 4.08. The number of nitrogens with one attached hydrogen (secondary N) is 1. The fraction of sp³-hybridized carbons (Fsp3) is 0.412. The summed E-state index contributed by atoms with van der Waals surface area (Å²) in [6.45, 7) is 7.57. The number of hydrogen-bond donors (Lipinski definition) is 1. The van der Waals surface area contributed by atoms with E-state index in [2.05, 4.69) is 56.4 Å². The number of benzene rings is 1. The van der Waals surface area contributed by atoms with Crippen LogP contribution in [0.5, 0.6) is 0 Å². The van der Waals surface area contributed by atoms with E-state index in [9.17, 15) is 0 Å². The second kappa shape index (κ2) is 7.26. The van der Waals surface area contributed by atoms with Crippen LogP contribution in [0.2, 0.25) is 4.34 Å². The Kier molecular flexibility index (Phi) is 5.64. The third-order valence-corrected chi connectivity index (χ3v) is 4.74. The minimum Gasteiger partial charge on any atom is -0.310 e. The lowest BCUT2D eigenvalue weighted by Crippen LogP contribution is -2.22. The molecule has 1 heterocycles. The fourth-order valence-corrected chi connectivity index (χ4v) is 3.46. The van der Waals surface area contributed by atoms with Crippen molar-refractivity contribution in [1.82, 2.24) is 5.32 Å². The molecular weight excluding hydrogens is 286 g/mol. The van der Waals surface area contributed by atoms with Crippen LogP contribution in [0.25, 0.3) is 0 Å². The molecule has 0 fully saturated rings.